The Kier molecular flexibility index (Phi) is 7.97. The fourth-order valence-electron chi connectivity index (χ4n) is 1.98. The van der Waals surface area contributed by atoms with Crippen LogP contribution < -0.4 is 10.6 Å². The van der Waals surface area contributed by atoms with Crippen molar-refractivity contribution >= 4 is 45.9 Å². The lowest BCUT2D eigenvalue weighted by atomic mass is 10.2. The number of halogens is 3. The van der Waals surface area contributed by atoms with Gasteiger partial charge in [-0.1, -0.05) is 11.2 Å². The van der Waals surface area contributed by atoms with Crippen LogP contribution in [0.15, 0.2) is 32.2 Å². The molecule has 0 saturated carbocycles. The number of hydrogen-bond donors (Lipinski definition) is 2. The number of benzene rings is 1. The zero-order valence-electron chi connectivity index (χ0n) is 13.1. The standard InChI is InChI=1S/C15H18BrFN4O.HI/c1-9-12(10(2)22-21-9)8-20-15(18-3)19-7-11-4-5-13(16)14(17)6-11;/h4-6H,7-8H2,1-3H3,(H2,18,19,20);1H. The highest BCUT2D eigenvalue weighted by atomic mass is 127. The van der Waals surface area contributed by atoms with E-state index in [1.54, 1.807) is 13.1 Å². The molecule has 5 nitrogen and oxygen atoms in total. The van der Waals surface area contributed by atoms with E-state index in [4.69, 9.17) is 4.52 Å². The van der Waals surface area contributed by atoms with Gasteiger partial charge in [0, 0.05) is 25.7 Å². The van der Waals surface area contributed by atoms with Crippen LogP contribution in [0.5, 0.6) is 0 Å². The van der Waals surface area contributed by atoms with Gasteiger partial charge in [-0.2, -0.15) is 0 Å². The van der Waals surface area contributed by atoms with Crippen molar-refractivity contribution in [1.82, 2.24) is 15.8 Å². The van der Waals surface area contributed by atoms with Crippen LogP contribution >= 0.6 is 39.9 Å². The van der Waals surface area contributed by atoms with Gasteiger partial charge in [0.15, 0.2) is 5.96 Å². The number of nitrogens with zero attached hydrogens (tertiary/aromatic N) is 2. The minimum absolute atomic E-state index is 0. The first-order valence-electron chi connectivity index (χ1n) is 6.81. The molecule has 0 fully saturated rings. The van der Waals surface area contributed by atoms with Crippen LogP contribution in [0.25, 0.3) is 0 Å². The summed E-state index contributed by atoms with van der Waals surface area (Å²) in [4.78, 5) is 4.14. The van der Waals surface area contributed by atoms with Crippen molar-refractivity contribution in [3.63, 3.8) is 0 Å². The molecule has 1 aromatic carbocycles. The zero-order valence-corrected chi connectivity index (χ0v) is 17.0. The lowest BCUT2D eigenvalue weighted by molar-refractivity contribution is 0.392. The minimum atomic E-state index is -0.280. The second-order valence-electron chi connectivity index (χ2n) is 4.83. The van der Waals surface area contributed by atoms with E-state index in [1.165, 1.54) is 6.07 Å². The molecule has 0 aliphatic carbocycles. The average molecular weight is 497 g/mol. The molecule has 2 N–H and O–H groups in total. The smallest absolute Gasteiger partial charge is 0.191 e. The molecule has 0 saturated heterocycles. The molecule has 0 radical (unpaired) electrons. The Bertz CT molecular complexity index is 671. The van der Waals surface area contributed by atoms with Crippen molar-refractivity contribution in [2.75, 3.05) is 7.05 Å². The van der Waals surface area contributed by atoms with Crippen LogP contribution in [0.2, 0.25) is 0 Å². The third-order valence-corrected chi connectivity index (χ3v) is 3.92. The summed E-state index contributed by atoms with van der Waals surface area (Å²) in [6.07, 6.45) is 0. The molecule has 1 aromatic heterocycles. The van der Waals surface area contributed by atoms with Crippen LogP contribution in [0.3, 0.4) is 0 Å². The van der Waals surface area contributed by atoms with Crippen molar-refractivity contribution < 1.29 is 8.91 Å². The highest BCUT2D eigenvalue weighted by molar-refractivity contribution is 14.0. The van der Waals surface area contributed by atoms with E-state index < -0.39 is 0 Å². The number of aromatic nitrogens is 1. The largest absolute Gasteiger partial charge is 0.361 e. The summed E-state index contributed by atoms with van der Waals surface area (Å²) in [6, 6.07) is 5.02. The summed E-state index contributed by atoms with van der Waals surface area (Å²) in [5.74, 6) is 1.14. The fraction of sp³-hybridized carbons (Fsp3) is 0.333. The first kappa shape index (κ1) is 19.9. The highest BCUT2D eigenvalue weighted by Gasteiger charge is 2.09. The van der Waals surface area contributed by atoms with Crippen LogP contribution in [-0.4, -0.2) is 18.2 Å². The quantitative estimate of drug-likeness (QED) is 0.385. The molecule has 2 rings (SSSR count). The SMILES string of the molecule is CN=C(NCc1ccc(Br)c(F)c1)NCc1c(C)noc1C.I. The maximum absolute atomic E-state index is 13.5. The van der Waals surface area contributed by atoms with E-state index in [-0.39, 0.29) is 29.8 Å². The average Bonchev–Trinajstić information content (AvgIpc) is 2.82. The van der Waals surface area contributed by atoms with E-state index in [9.17, 15) is 4.39 Å². The molecule has 1 heterocycles. The van der Waals surface area contributed by atoms with Gasteiger partial charge in [-0.3, -0.25) is 4.99 Å². The van der Waals surface area contributed by atoms with Crippen LogP contribution in [0, 0.1) is 19.7 Å². The Hall–Kier alpha value is -1.16. The molecule has 0 bridgehead atoms. The summed E-state index contributed by atoms with van der Waals surface area (Å²) in [5, 5.41) is 10.2. The molecular weight excluding hydrogens is 478 g/mol. The predicted molar refractivity (Wildman–Crippen MR) is 103 cm³/mol. The van der Waals surface area contributed by atoms with Gasteiger partial charge < -0.3 is 15.2 Å². The molecule has 0 amide bonds. The lowest BCUT2D eigenvalue weighted by Crippen LogP contribution is -2.36. The fourth-order valence-corrected chi connectivity index (χ4v) is 2.23. The summed E-state index contributed by atoms with van der Waals surface area (Å²) < 4.78 is 19.0. The molecule has 0 atom stereocenters. The first-order valence-corrected chi connectivity index (χ1v) is 7.60. The van der Waals surface area contributed by atoms with E-state index in [0.717, 1.165) is 22.6 Å². The normalized spacial score (nSPS) is 11.1. The molecule has 0 unspecified atom stereocenters. The number of rotatable bonds is 4. The number of nitrogens with one attached hydrogen (secondary N) is 2. The zero-order chi connectivity index (χ0) is 16.1. The second kappa shape index (κ2) is 9.21. The van der Waals surface area contributed by atoms with Gasteiger partial charge >= 0.3 is 0 Å². The molecule has 0 spiro atoms. The summed E-state index contributed by atoms with van der Waals surface area (Å²) >= 11 is 3.14. The third-order valence-electron chi connectivity index (χ3n) is 3.28. The first-order chi connectivity index (χ1) is 10.5. The van der Waals surface area contributed by atoms with Crippen molar-refractivity contribution in [2.45, 2.75) is 26.9 Å². The maximum Gasteiger partial charge on any atom is 0.191 e. The summed E-state index contributed by atoms with van der Waals surface area (Å²) in [6.45, 7) is 4.81. The van der Waals surface area contributed by atoms with Gasteiger partial charge in [-0.05, 0) is 47.5 Å². The van der Waals surface area contributed by atoms with Gasteiger partial charge in [0.1, 0.15) is 11.6 Å². The molecule has 126 valence electrons. The Labute approximate surface area is 160 Å². The number of aliphatic imine (C=N–C) groups is 1. The molecule has 23 heavy (non-hydrogen) atoms. The van der Waals surface area contributed by atoms with Gasteiger partial charge in [0.05, 0.1) is 10.2 Å². The molecule has 8 heteroatoms. The molecular formula is C15H19BrFIN4O. The van der Waals surface area contributed by atoms with Gasteiger partial charge in [0.25, 0.3) is 0 Å². The Morgan fingerprint density at radius 3 is 2.57 bits per heavy atom. The Morgan fingerprint density at radius 1 is 1.30 bits per heavy atom. The Balaban J connectivity index is 0.00000264. The van der Waals surface area contributed by atoms with Gasteiger partial charge in [-0.15, -0.1) is 24.0 Å². The van der Waals surface area contributed by atoms with Crippen molar-refractivity contribution in [3.05, 3.63) is 51.1 Å². The van der Waals surface area contributed by atoms with Crippen molar-refractivity contribution in [3.8, 4) is 0 Å². The van der Waals surface area contributed by atoms with E-state index >= 15 is 0 Å². The van der Waals surface area contributed by atoms with E-state index in [0.29, 0.717) is 23.5 Å². The topological polar surface area (TPSA) is 62.5 Å². The monoisotopic (exact) mass is 496 g/mol. The van der Waals surface area contributed by atoms with Crippen LogP contribution in [0.1, 0.15) is 22.6 Å². The Morgan fingerprint density at radius 2 is 2.00 bits per heavy atom. The van der Waals surface area contributed by atoms with E-state index in [2.05, 4.69) is 36.7 Å². The van der Waals surface area contributed by atoms with Crippen molar-refractivity contribution in [2.24, 2.45) is 4.99 Å². The van der Waals surface area contributed by atoms with Gasteiger partial charge in [-0.25, -0.2) is 4.39 Å². The molecule has 0 aliphatic rings. The minimum Gasteiger partial charge on any atom is -0.361 e. The van der Waals surface area contributed by atoms with Crippen LogP contribution in [-0.2, 0) is 13.1 Å². The lowest BCUT2D eigenvalue weighted by Gasteiger charge is -2.12. The predicted octanol–water partition coefficient (Wildman–Crippen LogP) is 3.68. The summed E-state index contributed by atoms with van der Waals surface area (Å²) in [5.41, 5.74) is 2.70. The van der Waals surface area contributed by atoms with Crippen molar-refractivity contribution in [1.29, 1.82) is 0 Å². The molecule has 2 aromatic rings. The second-order valence-corrected chi connectivity index (χ2v) is 5.68. The van der Waals surface area contributed by atoms with Crippen LogP contribution in [0.4, 0.5) is 4.39 Å². The van der Waals surface area contributed by atoms with Gasteiger partial charge in [0.2, 0.25) is 0 Å². The maximum atomic E-state index is 13.5. The highest BCUT2D eigenvalue weighted by Crippen LogP contribution is 2.16. The number of aryl methyl sites for hydroxylation is 2. The van der Waals surface area contributed by atoms with E-state index in [1.807, 2.05) is 19.9 Å². The third kappa shape index (κ3) is 5.45. The number of guanidine groups is 1. The number of hydrogen-bond acceptors (Lipinski definition) is 3. The summed E-state index contributed by atoms with van der Waals surface area (Å²) in [7, 11) is 1.69. The molecule has 0 aliphatic heterocycles.